The van der Waals surface area contributed by atoms with E-state index >= 15 is 0 Å². The van der Waals surface area contributed by atoms with Gasteiger partial charge in [0.25, 0.3) is 0 Å². The van der Waals surface area contributed by atoms with Gasteiger partial charge in [0, 0.05) is 0 Å². The van der Waals surface area contributed by atoms with E-state index in [-0.39, 0.29) is 0 Å². The summed E-state index contributed by atoms with van der Waals surface area (Å²) in [5.41, 5.74) is 1.02. The third kappa shape index (κ3) is 0.866. The zero-order valence-corrected chi connectivity index (χ0v) is 5.92. The number of anilines is 1. The van der Waals surface area contributed by atoms with Crippen molar-refractivity contribution in [2.75, 3.05) is 5.01 Å². The molecule has 10 heavy (non-hydrogen) atoms. The summed E-state index contributed by atoms with van der Waals surface area (Å²) in [4.78, 5) is 0. The molecule has 1 aromatic rings. The quantitative estimate of drug-likeness (QED) is 0.562. The molecule has 0 bridgehead atoms. The highest BCUT2D eigenvalue weighted by Gasteiger charge is 2.22. The molecule has 0 aromatic heterocycles. The minimum absolute atomic E-state index is 0.561. The van der Waals surface area contributed by atoms with Crippen molar-refractivity contribution >= 4 is 22.6 Å². The number of nitrogens with zero attached hydrogens (tertiary/aromatic N) is 2. The fourth-order valence-electron chi connectivity index (χ4n) is 0.794. The summed E-state index contributed by atoms with van der Waals surface area (Å²) >= 11 is 5.56. The van der Waals surface area contributed by atoms with Crippen molar-refractivity contribution in [3.63, 3.8) is 0 Å². The van der Waals surface area contributed by atoms with Crippen LogP contribution in [0.1, 0.15) is 0 Å². The van der Waals surface area contributed by atoms with Crippen LogP contribution in [0.2, 0.25) is 0 Å². The van der Waals surface area contributed by atoms with E-state index in [0.29, 0.717) is 5.29 Å². The van der Waals surface area contributed by atoms with Crippen molar-refractivity contribution in [1.29, 1.82) is 0 Å². The topological polar surface area (TPSA) is 15.4 Å². The van der Waals surface area contributed by atoms with Crippen LogP contribution < -0.4 is 5.01 Å². The maximum Gasteiger partial charge on any atom is 0.243 e. The monoisotopic (exact) mass is 152 g/mol. The van der Waals surface area contributed by atoms with E-state index in [9.17, 15) is 0 Å². The fourth-order valence-corrected chi connectivity index (χ4v) is 0.967. The first-order chi connectivity index (χ1) is 4.88. The third-order valence-corrected chi connectivity index (χ3v) is 1.55. The lowest BCUT2D eigenvalue weighted by molar-refractivity contribution is 1.33. The molecule has 50 valence electrons. The second-order valence-corrected chi connectivity index (χ2v) is 2.35. The van der Waals surface area contributed by atoms with E-state index in [1.54, 1.807) is 5.01 Å². The SMILES string of the molecule is ClC1=NN1c1ccccc1. The third-order valence-electron chi connectivity index (χ3n) is 1.32. The first-order valence-electron chi connectivity index (χ1n) is 2.97. The highest BCUT2D eigenvalue weighted by molar-refractivity contribution is 6.71. The molecule has 0 radical (unpaired) electrons. The molecule has 0 amide bonds. The summed E-state index contributed by atoms with van der Waals surface area (Å²) in [5, 5.41) is 6.08. The molecule has 0 aliphatic carbocycles. The highest BCUT2D eigenvalue weighted by Crippen LogP contribution is 2.24. The van der Waals surface area contributed by atoms with E-state index in [4.69, 9.17) is 11.6 Å². The largest absolute Gasteiger partial charge is 0.243 e. The van der Waals surface area contributed by atoms with Gasteiger partial charge in [-0.25, -0.2) is 5.01 Å². The van der Waals surface area contributed by atoms with Gasteiger partial charge >= 0.3 is 0 Å². The van der Waals surface area contributed by atoms with E-state index in [2.05, 4.69) is 5.10 Å². The number of hydrazone groups is 1. The first-order valence-corrected chi connectivity index (χ1v) is 3.35. The average molecular weight is 153 g/mol. The molecule has 1 aliphatic rings. The summed E-state index contributed by atoms with van der Waals surface area (Å²) in [5.74, 6) is 0. The van der Waals surface area contributed by atoms with Crippen LogP contribution in [0, 0.1) is 0 Å². The molecule has 1 aromatic carbocycles. The van der Waals surface area contributed by atoms with Gasteiger partial charge in [0.05, 0.1) is 5.69 Å². The van der Waals surface area contributed by atoms with Crippen LogP contribution in [-0.2, 0) is 0 Å². The van der Waals surface area contributed by atoms with Crippen LogP contribution >= 0.6 is 11.6 Å². The van der Waals surface area contributed by atoms with Gasteiger partial charge in [-0.15, -0.1) is 5.10 Å². The van der Waals surface area contributed by atoms with Crippen molar-refractivity contribution in [3.05, 3.63) is 30.3 Å². The molecule has 2 rings (SSSR count). The van der Waals surface area contributed by atoms with Crippen molar-refractivity contribution in [3.8, 4) is 0 Å². The Morgan fingerprint density at radius 2 is 1.80 bits per heavy atom. The molecule has 0 atom stereocenters. The molecule has 0 N–H and O–H groups in total. The Morgan fingerprint density at radius 1 is 1.20 bits per heavy atom. The molecular weight excluding hydrogens is 148 g/mol. The van der Waals surface area contributed by atoms with Gasteiger partial charge in [0.2, 0.25) is 5.29 Å². The summed E-state index contributed by atoms with van der Waals surface area (Å²) in [6.07, 6.45) is 0. The summed E-state index contributed by atoms with van der Waals surface area (Å²) in [7, 11) is 0. The second-order valence-electron chi connectivity index (χ2n) is 2.02. The summed E-state index contributed by atoms with van der Waals surface area (Å²) < 4.78 is 0. The van der Waals surface area contributed by atoms with Crippen LogP contribution in [0.5, 0.6) is 0 Å². The van der Waals surface area contributed by atoms with Gasteiger partial charge in [0.15, 0.2) is 0 Å². The van der Waals surface area contributed by atoms with Crippen molar-refractivity contribution in [2.45, 2.75) is 0 Å². The van der Waals surface area contributed by atoms with Crippen LogP contribution in [0.15, 0.2) is 35.4 Å². The average Bonchev–Trinajstić information content (AvgIpc) is 2.69. The maximum absolute atomic E-state index is 5.56. The molecule has 2 nitrogen and oxygen atoms in total. The number of para-hydroxylation sites is 1. The van der Waals surface area contributed by atoms with Crippen LogP contribution in [0.25, 0.3) is 0 Å². The fraction of sp³-hybridized carbons (Fsp3) is 0. The van der Waals surface area contributed by atoms with Crippen molar-refractivity contribution in [2.24, 2.45) is 5.10 Å². The molecule has 0 saturated carbocycles. The second kappa shape index (κ2) is 1.99. The van der Waals surface area contributed by atoms with Gasteiger partial charge in [-0.1, -0.05) is 18.2 Å². The van der Waals surface area contributed by atoms with Crippen molar-refractivity contribution < 1.29 is 0 Å². The number of rotatable bonds is 1. The Labute approximate surface area is 63.7 Å². The van der Waals surface area contributed by atoms with Gasteiger partial charge in [-0.05, 0) is 23.7 Å². The van der Waals surface area contributed by atoms with E-state index in [1.807, 2.05) is 30.3 Å². The van der Waals surface area contributed by atoms with Gasteiger partial charge in [-0.3, -0.25) is 0 Å². The Hall–Kier alpha value is -1.02. The van der Waals surface area contributed by atoms with Crippen LogP contribution in [-0.4, -0.2) is 5.29 Å². The lowest BCUT2D eigenvalue weighted by Gasteiger charge is -1.96. The van der Waals surface area contributed by atoms with Crippen LogP contribution in [0.4, 0.5) is 5.69 Å². The smallest absolute Gasteiger partial charge is 0.201 e. The number of amidine groups is 1. The molecule has 0 saturated heterocycles. The summed E-state index contributed by atoms with van der Waals surface area (Å²) in [6, 6.07) is 9.78. The standard InChI is InChI=1S/C7H5ClN2/c8-7-9-10(7)6-4-2-1-3-5-6/h1-5H. The predicted molar refractivity (Wildman–Crippen MR) is 42.2 cm³/mol. The minimum atomic E-state index is 0.561. The number of halogens is 1. The van der Waals surface area contributed by atoms with Gasteiger partial charge in [0.1, 0.15) is 0 Å². The van der Waals surface area contributed by atoms with Gasteiger partial charge in [-0.2, -0.15) is 0 Å². The predicted octanol–water partition coefficient (Wildman–Crippen LogP) is 2.02. The first kappa shape index (κ1) is 5.74. The molecule has 0 fully saturated rings. The Balaban J connectivity index is 2.22. The normalized spacial score (nSPS) is 14.9. The van der Waals surface area contributed by atoms with E-state index in [1.165, 1.54) is 0 Å². The van der Waals surface area contributed by atoms with Crippen molar-refractivity contribution in [1.82, 2.24) is 0 Å². The Bertz CT molecular complexity index is 268. The Morgan fingerprint density at radius 3 is 2.30 bits per heavy atom. The van der Waals surface area contributed by atoms with E-state index in [0.717, 1.165) is 5.69 Å². The molecule has 0 unspecified atom stereocenters. The molecular formula is C7H5ClN2. The zero-order valence-electron chi connectivity index (χ0n) is 5.16. The maximum atomic E-state index is 5.56. The number of benzene rings is 1. The van der Waals surface area contributed by atoms with Crippen LogP contribution in [0.3, 0.4) is 0 Å². The number of hydrogen-bond acceptors (Lipinski definition) is 2. The molecule has 0 spiro atoms. The van der Waals surface area contributed by atoms with E-state index < -0.39 is 0 Å². The lowest BCUT2D eigenvalue weighted by Crippen LogP contribution is -1.95. The Kier molecular flexibility index (Phi) is 1.14. The zero-order chi connectivity index (χ0) is 6.97. The molecule has 1 heterocycles. The molecule has 3 heteroatoms. The summed E-state index contributed by atoms with van der Waals surface area (Å²) in [6.45, 7) is 0. The minimum Gasteiger partial charge on any atom is -0.201 e. The van der Waals surface area contributed by atoms with Gasteiger partial charge < -0.3 is 0 Å². The molecule has 1 aliphatic heterocycles. The number of hydrogen-bond donors (Lipinski definition) is 0. The lowest BCUT2D eigenvalue weighted by atomic mass is 10.3. The highest BCUT2D eigenvalue weighted by atomic mass is 35.5.